The van der Waals surface area contributed by atoms with E-state index < -0.39 is 0 Å². The summed E-state index contributed by atoms with van der Waals surface area (Å²) >= 11 is 3.49. The number of hydrogen-bond acceptors (Lipinski definition) is 2. The molecule has 0 aliphatic heterocycles. The molecule has 2 nitrogen and oxygen atoms in total. The second-order valence-corrected chi connectivity index (χ2v) is 6.45. The van der Waals surface area contributed by atoms with Crippen molar-refractivity contribution < 1.29 is 5.11 Å². The van der Waals surface area contributed by atoms with Gasteiger partial charge in [0, 0.05) is 10.2 Å². The van der Waals surface area contributed by atoms with Gasteiger partial charge in [0.1, 0.15) is 0 Å². The Morgan fingerprint density at radius 2 is 2.29 bits per heavy atom. The van der Waals surface area contributed by atoms with Crippen molar-refractivity contribution in [2.45, 2.75) is 31.2 Å². The lowest BCUT2D eigenvalue weighted by atomic mass is 9.81. The predicted molar refractivity (Wildman–Crippen MR) is 73.0 cm³/mol. The summed E-state index contributed by atoms with van der Waals surface area (Å²) < 4.78 is 1.08. The van der Waals surface area contributed by atoms with E-state index in [4.69, 9.17) is 0 Å². The predicted octanol–water partition coefficient (Wildman–Crippen LogP) is 3.41. The Morgan fingerprint density at radius 3 is 2.88 bits per heavy atom. The fourth-order valence-electron chi connectivity index (χ4n) is 3.68. The molecule has 0 amide bonds. The molecule has 0 spiro atoms. The van der Waals surface area contributed by atoms with Crippen molar-refractivity contribution in [3.05, 3.63) is 28.7 Å². The van der Waals surface area contributed by atoms with Gasteiger partial charge < -0.3 is 10.4 Å². The highest BCUT2D eigenvalue weighted by Gasteiger charge is 2.50. The number of aliphatic hydroxyl groups excluding tert-OH is 1. The van der Waals surface area contributed by atoms with Crippen LogP contribution in [0.2, 0.25) is 0 Å². The minimum atomic E-state index is -0.0658. The van der Waals surface area contributed by atoms with Gasteiger partial charge in [0.15, 0.2) is 0 Å². The first kappa shape index (κ1) is 11.5. The number of fused-ring (bicyclic) bond motifs is 2. The largest absolute Gasteiger partial charge is 0.394 e. The van der Waals surface area contributed by atoms with Crippen LogP contribution in [0, 0.1) is 11.8 Å². The molecule has 0 saturated heterocycles. The monoisotopic (exact) mass is 295 g/mol. The van der Waals surface area contributed by atoms with Crippen molar-refractivity contribution >= 4 is 21.6 Å². The summed E-state index contributed by atoms with van der Waals surface area (Å²) in [6, 6.07) is 8.22. The van der Waals surface area contributed by atoms with Crippen molar-refractivity contribution in [3.63, 3.8) is 0 Å². The minimum Gasteiger partial charge on any atom is -0.394 e. The fourth-order valence-corrected chi connectivity index (χ4v) is 4.08. The van der Waals surface area contributed by atoms with Crippen molar-refractivity contribution in [1.29, 1.82) is 0 Å². The average molecular weight is 296 g/mol. The third-order valence-electron chi connectivity index (χ3n) is 4.48. The first-order chi connectivity index (χ1) is 8.22. The Balaban J connectivity index is 1.83. The van der Waals surface area contributed by atoms with Gasteiger partial charge in [0.2, 0.25) is 0 Å². The fraction of sp³-hybridized carbons (Fsp3) is 0.571. The van der Waals surface area contributed by atoms with E-state index in [1.807, 2.05) is 12.1 Å². The number of aliphatic hydroxyl groups is 1. The highest BCUT2D eigenvalue weighted by molar-refractivity contribution is 9.10. The second kappa shape index (κ2) is 4.29. The topological polar surface area (TPSA) is 32.3 Å². The Labute approximate surface area is 111 Å². The molecule has 17 heavy (non-hydrogen) atoms. The summed E-state index contributed by atoms with van der Waals surface area (Å²) in [6.07, 6.45) is 5.04. The van der Waals surface area contributed by atoms with Crippen LogP contribution in [0.1, 0.15) is 25.7 Å². The Kier molecular flexibility index (Phi) is 2.91. The van der Waals surface area contributed by atoms with E-state index in [1.54, 1.807) is 0 Å². The van der Waals surface area contributed by atoms with Crippen molar-refractivity contribution in [2.75, 3.05) is 11.9 Å². The van der Waals surface area contributed by atoms with Gasteiger partial charge in [-0.05, 0) is 55.7 Å². The van der Waals surface area contributed by atoms with Gasteiger partial charge in [-0.25, -0.2) is 0 Å². The number of benzene rings is 1. The number of halogens is 1. The summed E-state index contributed by atoms with van der Waals surface area (Å²) in [7, 11) is 0. The van der Waals surface area contributed by atoms with E-state index in [0.717, 1.165) is 22.5 Å². The molecule has 3 atom stereocenters. The molecule has 0 aromatic heterocycles. The Morgan fingerprint density at radius 1 is 1.41 bits per heavy atom. The van der Waals surface area contributed by atoms with Crippen molar-refractivity contribution in [2.24, 2.45) is 11.8 Å². The molecule has 3 heteroatoms. The van der Waals surface area contributed by atoms with E-state index >= 15 is 0 Å². The smallest absolute Gasteiger partial charge is 0.0664 e. The standard InChI is InChI=1S/C14H18BrNO/c15-12-2-1-3-13(7-12)16-14(9-17)8-10-4-5-11(14)6-10/h1-3,7,10-11,16-17H,4-6,8-9H2. The van der Waals surface area contributed by atoms with Crippen LogP contribution in [-0.4, -0.2) is 17.3 Å². The van der Waals surface area contributed by atoms with E-state index in [9.17, 15) is 5.11 Å². The Bertz CT molecular complexity index is 422. The van der Waals surface area contributed by atoms with Crippen LogP contribution in [0.5, 0.6) is 0 Å². The number of rotatable bonds is 3. The zero-order chi connectivity index (χ0) is 11.9. The Hall–Kier alpha value is -0.540. The maximum Gasteiger partial charge on any atom is 0.0664 e. The lowest BCUT2D eigenvalue weighted by Gasteiger charge is -2.38. The maximum atomic E-state index is 9.80. The highest BCUT2D eigenvalue weighted by atomic mass is 79.9. The summed E-state index contributed by atoms with van der Waals surface area (Å²) in [4.78, 5) is 0. The summed E-state index contributed by atoms with van der Waals surface area (Å²) in [6.45, 7) is 0.251. The van der Waals surface area contributed by atoms with Gasteiger partial charge in [-0.2, -0.15) is 0 Å². The zero-order valence-electron chi connectivity index (χ0n) is 9.82. The molecule has 2 bridgehead atoms. The normalized spacial score (nSPS) is 35.2. The van der Waals surface area contributed by atoms with Gasteiger partial charge in [0.25, 0.3) is 0 Å². The van der Waals surface area contributed by atoms with Gasteiger partial charge in [0.05, 0.1) is 12.1 Å². The van der Waals surface area contributed by atoms with Crippen LogP contribution in [0.4, 0.5) is 5.69 Å². The van der Waals surface area contributed by atoms with Crippen LogP contribution in [0.3, 0.4) is 0 Å². The second-order valence-electron chi connectivity index (χ2n) is 5.53. The van der Waals surface area contributed by atoms with Crippen LogP contribution < -0.4 is 5.32 Å². The SMILES string of the molecule is OCC1(Nc2cccc(Br)c2)CC2CCC1C2. The van der Waals surface area contributed by atoms with Crippen molar-refractivity contribution in [3.8, 4) is 0 Å². The molecule has 3 rings (SSSR count). The van der Waals surface area contributed by atoms with E-state index in [-0.39, 0.29) is 12.1 Å². The van der Waals surface area contributed by atoms with Gasteiger partial charge >= 0.3 is 0 Å². The molecule has 2 fully saturated rings. The third kappa shape index (κ3) is 2.00. The maximum absolute atomic E-state index is 9.80. The quantitative estimate of drug-likeness (QED) is 0.896. The lowest BCUT2D eigenvalue weighted by molar-refractivity contribution is 0.159. The van der Waals surface area contributed by atoms with Gasteiger partial charge in [-0.15, -0.1) is 0 Å². The zero-order valence-corrected chi connectivity index (χ0v) is 11.4. The van der Waals surface area contributed by atoms with Crippen LogP contribution >= 0.6 is 15.9 Å². The summed E-state index contributed by atoms with van der Waals surface area (Å²) in [5.41, 5.74) is 1.05. The molecule has 0 radical (unpaired) electrons. The molecule has 2 aliphatic rings. The first-order valence-corrected chi connectivity index (χ1v) is 7.16. The van der Waals surface area contributed by atoms with Crippen molar-refractivity contribution in [1.82, 2.24) is 0 Å². The molecule has 92 valence electrons. The van der Waals surface area contributed by atoms with E-state index in [2.05, 4.69) is 33.4 Å². The minimum absolute atomic E-state index is 0.0658. The lowest BCUT2D eigenvalue weighted by Crippen LogP contribution is -2.46. The number of anilines is 1. The van der Waals surface area contributed by atoms with Gasteiger partial charge in [-0.1, -0.05) is 22.0 Å². The molecule has 1 aromatic carbocycles. The molecule has 2 saturated carbocycles. The third-order valence-corrected chi connectivity index (χ3v) is 4.97. The number of hydrogen-bond donors (Lipinski definition) is 2. The average Bonchev–Trinajstić information content (AvgIpc) is 2.89. The molecule has 3 unspecified atom stereocenters. The van der Waals surface area contributed by atoms with E-state index in [0.29, 0.717) is 5.92 Å². The summed E-state index contributed by atoms with van der Waals surface area (Å²) in [5, 5.41) is 13.4. The molecular weight excluding hydrogens is 278 g/mol. The first-order valence-electron chi connectivity index (χ1n) is 6.36. The molecule has 0 heterocycles. The molecular formula is C14H18BrNO. The highest BCUT2D eigenvalue weighted by Crippen LogP contribution is 2.51. The molecule has 1 aromatic rings. The van der Waals surface area contributed by atoms with Gasteiger partial charge in [-0.3, -0.25) is 0 Å². The van der Waals surface area contributed by atoms with Crippen LogP contribution in [0.15, 0.2) is 28.7 Å². The molecule has 2 aliphatic carbocycles. The van der Waals surface area contributed by atoms with Crippen LogP contribution in [-0.2, 0) is 0 Å². The van der Waals surface area contributed by atoms with Crippen LogP contribution in [0.25, 0.3) is 0 Å². The molecule has 2 N–H and O–H groups in total. The number of nitrogens with one attached hydrogen (secondary N) is 1. The van der Waals surface area contributed by atoms with E-state index in [1.165, 1.54) is 19.3 Å². The summed E-state index contributed by atoms with van der Waals surface area (Å²) in [5.74, 6) is 1.48.